The second-order valence-electron chi connectivity index (χ2n) is 12.2. The largest absolute Gasteiger partial charge is 0.741 e. The van der Waals surface area contributed by atoms with Crippen LogP contribution in [-0.4, -0.2) is 30.9 Å². The van der Waals surface area contributed by atoms with Crippen molar-refractivity contribution in [1.29, 1.82) is 0 Å². The molecular formula is C39H35F3N2O4S. The monoisotopic (exact) mass is 684 g/mol. The number of nitrogens with one attached hydrogen (secondary N) is 1. The average molecular weight is 685 g/mol. The predicted octanol–water partition coefficient (Wildman–Crippen LogP) is 7.35. The summed E-state index contributed by atoms with van der Waals surface area (Å²) in [6.45, 7) is 3.52. The molecule has 2 aliphatic rings. The number of rotatable bonds is 6. The Bertz CT molecular complexity index is 2040. The summed E-state index contributed by atoms with van der Waals surface area (Å²) in [6.07, 6.45) is 5.05. The molecule has 252 valence electrons. The summed E-state index contributed by atoms with van der Waals surface area (Å²) in [5.74, 6) is -0.00539. The minimum Gasteiger partial charge on any atom is -0.741 e. The molecule has 1 N–H and O–H groups in total. The predicted molar refractivity (Wildman–Crippen MR) is 182 cm³/mol. The number of hydrogen-bond acceptors (Lipinski definition) is 4. The van der Waals surface area contributed by atoms with Gasteiger partial charge in [0, 0.05) is 46.3 Å². The molecule has 0 spiro atoms. The molecule has 4 aromatic carbocycles. The highest BCUT2D eigenvalue weighted by molar-refractivity contribution is 7.86. The third kappa shape index (κ3) is 7.16. The van der Waals surface area contributed by atoms with E-state index in [0.29, 0.717) is 12.1 Å². The highest BCUT2D eigenvalue weighted by Gasteiger charge is 2.38. The fourth-order valence-electron chi connectivity index (χ4n) is 6.84. The van der Waals surface area contributed by atoms with E-state index >= 15 is 0 Å². The van der Waals surface area contributed by atoms with Crippen LogP contribution in [0.1, 0.15) is 44.6 Å². The Morgan fingerprint density at radius 1 is 0.755 bits per heavy atom. The van der Waals surface area contributed by atoms with Crippen LogP contribution >= 0.6 is 0 Å². The number of aryl methyl sites for hydroxylation is 3. The molecule has 49 heavy (non-hydrogen) atoms. The zero-order valence-corrected chi connectivity index (χ0v) is 27.7. The van der Waals surface area contributed by atoms with Gasteiger partial charge in [0.05, 0.1) is 0 Å². The van der Waals surface area contributed by atoms with E-state index in [1.165, 1.54) is 55.9 Å². The normalized spacial score (nSPS) is 13.2. The number of hydrogen-bond donors (Lipinski definition) is 1. The molecule has 7 rings (SSSR count). The van der Waals surface area contributed by atoms with Crippen molar-refractivity contribution < 1.29 is 35.5 Å². The molecule has 10 heteroatoms. The smallest absolute Gasteiger partial charge is 0.485 e. The molecule has 0 saturated heterocycles. The molecule has 0 radical (unpaired) electrons. The van der Waals surface area contributed by atoms with Crippen LogP contribution in [0.4, 0.5) is 13.2 Å². The number of nitrogens with zero attached hydrogens (tertiary/aromatic N) is 1. The van der Waals surface area contributed by atoms with Crippen LogP contribution in [0.25, 0.3) is 33.6 Å². The molecule has 0 atom stereocenters. The Hall–Kier alpha value is -4.80. The Morgan fingerprint density at radius 3 is 1.76 bits per heavy atom. The molecule has 0 unspecified atom stereocenters. The first-order valence-electron chi connectivity index (χ1n) is 16.1. The maximum absolute atomic E-state index is 12.8. The summed E-state index contributed by atoms with van der Waals surface area (Å²) < 4.78 is 61.5. The summed E-state index contributed by atoms with van der Waals surface area (Å²) in [4.78, 5) is 12.8. The van der Waals surface area contributed by atoms with Crippen LogP contribution in [0, 0.1) is 6.92 Å². The van der Waals surface area contributed by atoms with E-state index in [1.54, 1.807) is 0 Å². The van der Waals surface area contributed by atoms with Gasteiger partial charge in [0.15, 0.2) is 16.7 Å². The van der Waals surface area contributed by atoms with Crippen molar-refractivity contribution in [3.63, 3.8) is 0 Å². The molecule has 0 fully saturated rings. The van der Waals surface area contributed by atoms with Gasteiger partial charge in [0.25, 0.3) is 5.91 Å². The summed E-state index contributed by atoms with van der Waals surface area (Å²) >= 11 is 0. The Labute approximate surface area is 284 Å². The molecule has 2 aliphatic carbocycles. The third-order valence-corrected chi connectivity index (χ3v) is 9.62. The number of aromatic nitrogens is 1. The van der Waals surface area contributed by atoms with Crippen molar-refractivity contribution in [2.24, 2.45) is 0 Å². The van der Waals surface area contributed by atoms with Gasteiger partial charge in [0.2, 0.25) is 11.4 Å². The molecule has 1 aromatic heterocycles. The average Bonchev–Trinajstić information content (AvgIpc) is 3.09. The standard InChI is InChI=1S/C38H34N2O.CHF3O3S/c1-26-16-18-30(19-17-26)38(41)39-24-9-25-40-36-31-14-7-5-10-27(31)20-22-33(36)35(29-12-3-2-4-13-29)34-23-21-28-11-6-8-15-32(28)37(34)40;2-1(3,4)8(5,6)7/h2-8,10-19H,9,20-25H2,1H3;(H,5,6,7). The van der Waals surface area contributed by atoms with Gasteiger partial charge in [-0.05, 0) is 73.6 Å². The topological polar surface area (TPSA) is 90.2 Å². The van der Waals surface area contributed by atoms with Gasteiger partial charge in [-0.2, -0.15) is 17.7 Å². The first-order chi connectivity index (χ1) is 23.4. The number of pyridine rings is 1. The van der Waals surface area contributed by atoms with Gasteiger partial charge < -0.3 is 9.87 Å². The fourth-order valence-corrected chi connectivity index (χ4v) is 6.84. The van der Waals surface area contributed by atoms with E-state index in [-0.39, 0.29) is 5.91 Å². The number of fused-ring (bicyclic) bond motifs is 6. The zero-order chi connectivity index (χ0) is 34.8. The lowest BCUT2D eigenvalue weighted by Crippen LogP contribution is -2.44. The van der Waals surface area contributed by atoms with E-state index in [2.05, 4.69) is 88.7 Å². The minimum absolute atomic E-state index is 0.00539. The van der Waals surface area contributed by atoms with Crippen molar-refractivity contribution in [3.05, 3.63) is 137 Å². The maximum atomic E-state index is 12.8. The number of benzene rings is 4. The highest BCUT2D eigenvalue weighted by atomic mass is 32.2. The van der Waals surface area contributed by atoms with Gasteiger partial charge in [-0.1, -0.05) is 84.4 Å². The van der Waals surface area contributed by atoms with Crippen molar-refractivity contribution in [2.45, 2.75) is 51.1 Å². The Balaban J connectivity index is 0.000000466. The minimum atomic E-state index is -6.09. The molecule has 0 saturated carbocycles. The first kappa shape index (κ1) is 34.1. The number of amides is 1. The maximum Gasteiger partial charge on any atom is 0.485 e. The van der Waals surface area contributed by atoms with Crippen LogP contribution in [0.3, 0.4) is 0 Å². The van der Waals surface area contributed by atoms with Crippen molar-refractivity contribution in [1.82, 2.24) is 5.32 Å². The molecule has 1 amide bonds. The quantitative estimate of drug-likeness (QED) is 0.0877. The number of carbonyl (C=O) groups is 1. The van der Waals surface area contributed by atoms with E-state index < -0.39 is 15.6 Å². The van der Waals surface area contributed by atoms with Gasteiger partial charge >= 0.3 is 5.51 Å². The van der Waals surface area contributed by atoms with Crippen molar-refractivity contribution in [2.75, 3.05) is 6.54 Å². The molecule has 0 bridgehead atoms. The number of carbonyl (C=O) groups excluding carboxylic acids is 1. The lowest BCUT2D eigenvalue weighted by atomic mass is 9.77. The van der Waals surface area contributed by atoms with Gasteiger partial charge in [0.1, 0.15) is 0 Å². The van der Waals surface area contributed by atoms with Crippen LogP contribution in [0.2, 0.25) is 0 Å². The van der Waals surface area contributed by atoms with E-state index in [1.807, 2.05) is 31.2 Å². The molecule has 0 aliphatic heterocycles. The fraction of sp³-hybridized carbons (Fsp3) is 0.231. The molecular weight excluding hydrogens is 650 g/mol. The third-order valence-electron chi connectivity index (χ3n) is 9.05. The van der Waals surface area contributed by atoms with Crippen LogP contribution in [0.5, 0.6) is 0 Å². The van der Waals surface area contributed by atoms with E-state index in [4.69, 9.17) is 13.0 Å². The lowest BCUT2D eigenvalue weighted by Gasteiger charge is -2.28. The lowest BCUT2D eigenvalue weighted by molar-refractivity contribution is -0.676. The van der Waals surface area contributed by atoms with Crippen LogP contribution in [-0.2, 0) is 42.3 Å². The van der Waals surface area contributed by atoms with E-state index in [9.17, 15) is 18.0 Å². The summed E-state index contributed by atoms with van der Waals surface area (Å²) in [5, 5.41) is 3.17. The number of halogens is 3. The second-order valence-corrected chi connectivity index (χ2v) is 13.6. The SMILES string of the molecule is Cc1ccc(C(=O)NCCC[n+]2c3c(c(-c4ccccc4)c4c2-c2ccccc2CC4)CCc2ccccc2-3)cc1.O=S(=O)([O-])C(F)(F)F. The summed E-state index contributed by atoms with van der Waals surface area (Å²) in [7, 11) is -6.09. The van der Waals surface area contributed by atoms with Gasteiger partial charge in [-0.25, -0.2) is 8.42 Å². The van der Waals surface area contributed by atoms with Gasteiger partial charge in [-0.3, -0.25) is 4.79 Å². The highest BCUT2D eigenvalue weighted by Crippen LogP contribution is 2.44. The number of alkyl halides is 3. The second kappa shape index (κ2) is 14.0. The Kier molecular flexibility index (Phi) is 9.72. The first-order valence-corrected chi connectivity index (χ1v) is 17.6. The van der Waals surface area contributed by atoms with Crippen molar-refractivity contribution >= 4 is 16.0 Å². The van der Waals surface area contributed by atoms with Crippen LogP contribution in [0.15, 0.2) is 103 Å². The summed E-state index contributed by atoms with van der Waals surface area (Å²) in [5.41, 5.74) is 10.2. The van der Waals surface area contributed by atoms with E-state index in [0.717, 1.165) is 44.2 Å². The zero-order valence-electron chi connectivity index (χ0n) is 26.9. The summed E-state index contributed by atoms with van der Waals surface area (Å²) in [6, 6.07) is 36.7. The molecule has 6 nitrogen and oxygen atoms in total. The van der Waals surface area contributed by atoms with Crippen molar-refractivity contribution in [3.8, 4) is 33.6 Å². The Morgan fingerprint density at radius 2 is 1.24 bits per heavy atom. The molecule has 1 heterocycles. The molecule has 5 aromatic rings. The van der Waals surface area contributed by atoms with Gasteiger partial charge in [-0.15, -0.1) is 0 Å². The van der Waals surface area contributed by atoms with Crippen LogP contribution < -0.4 is 9.88 Å².